The Labute approximate surface area is 167 Å². The molecule has 2 aromatic rings. The predicted octanol–water partition coefficient (Wildman–Crippen LogP) is 4.13. The maximum atomic E-state index is 13.5. The van der Waals surface area contributed by atoms with E-state index in [-0.39, 0.29) is 47.8 Å². The SMILES string of the molecule is CC(C)[C@@H]1CC[C@@H](C)C[C@H]1C(=O)n1c(=O)n(CCN)c2cc(C(F)(F)F)ccc21. The van der Waals surface area contributed by atoms with E-state index in [1.165, 1.54) is 10.6 Å². The number of carbonyl (C=O) groups excluding carboxylic acids is 1. The van der Waals surface area contributed by atoms with Gasteiger partial charge in [0.25, 0.3) is 0 Å². The summed E-state index contributed by atoms with van der Waals surface area (Å²) in [6, 6.07) is 3.07. The highest BCUT2D eigenvalue weighted by Gasteiger charge is 2.38. The fourth-order valence-electron chi connectivity index (χ4n) is 4.64. The Kier molecular flexibility index (Phi) is 5.94. The predicted molar refractivity (Wildman–Crippen MR) is 106 cm³/mol. The molecule has 1 aliphatic rings. The molecule has 0 bridgehead atoms. The number of rotatable bonds is 4. The zero-order valence-corrected chi connectivity index (χ0v) is 17.0. The Morgan fingerprint density at radius 1 is 1.24 bits per heavy atom. The van der Waals surface area contributed by atoms with Crippen LogP contribution in [0.3, 0.4) is 0 Å². The molecule has 0 spiro atoms. The Hall–Kier alpha value is -2.09. The molecule has 0 radical (unpaired) electrons. The van der Waals surface area contributed by atoms with Crippen LogP contribution in [0, 0.1) is 23.7 Å². The molecule has 0 unspecified atom stereocenters. The molecule has 0 amide bonds. The fraction of sp³-hybridized carbons (Fsp3) is 0.619. The van der Waals surface area contributed by atoms with Gasteiger partial charge in [0.05, 0.1) is 16.6 Å². The van der Waals surface area contributed by atoms with E-state index >= 15 is 0 Å². The van der Waals surface area contributed by atoms with Gasteiger partial charge in [0.15, 0.2) is 0 Å². The zero-order chi connectivity index (χ0) is 21.5. The number of halogens is 3. The number of hydrogen-bond donors (Lipinski definition) is 1. The number of nitrogens with two attached hydrogens (primary N) is 1. The van der Waals surface area contributed by atoms with Crippen LogP contribution in [0.4, 0.5) is 13.2 Å². The molecule has 29 heavy (non-hydrogen) atoms. The Balaban J connectivity index is 2.16. The number of hydrogen-bond acceptors (Lipinski definition) is 3. The second-order valence-electron chi connectivity index (χ2n) is 8.53. The lowest BCUT2D eigenvalue weighted by Gasteiger charge is -2.36. The van der Waals surface area contributed by atoms with Gasteiger partial charge in [-0.3, -0.25) is 9.36 Å². The summed E-state index contributed by atoms with van der Waals surface area (Å²) < 4.78 is 41.8. The van der Waals surface area contributed by atoms with Crippen LogP contribution in [-0.2, 0) is 12.7 Å². The maximum Gasteiger partial charge on any atom is 0.416 e. The van der Waals surface area contributed by atoms with E-state index in [1.54, 1.807) is 0 Å². The van der Waals surface area contributed by atoms with Crippen molar-refractivity contribution in [2.75, 3.05) is 6.54 Å². The smallest absolute Gasteiger partial charge is 0.329 e. The van der Waals surface area contributed by atoms with Crippen LogP contribution in [0.2, 0.25) is 0 Å². The first-order valence-electron chi connectivity index (χ1n) is 10.1. The Morgan fingerprint density at radius 2 is 1.93 bits per heavy atom. The monoisotopic (exact) mass is 411 g/mol. The van der Waals surface area contributed by atoms with Gasteiger partial charge in [-0.1, -0.05) is 27.2 Å². The zero-order valence-electron chi connectivity index (χ0n) is 17.0. The van der Waals surface area contributed by atoms with Crippen LogP contribution in [-0.4, -0.2) is 21.6 Å². The number of imidazole rings is 1. The molecule has 0 saturated heterocycles. The van der Waals surface area contributed by atoms with Crippen LogP contribution in [0.25, 0.3) is 11.0 Å². The fourth-order valence-corrected chi connectivity index (χ4v) is 4.64. The third-order valence-corrected chi connectivity index (χ3v) is 6.17. The van der Waals surface area contributed by atoms with Crippen LogP contribution in [0.15, 0.2) is 23.0 Å². The molecule has 160 valence electrons. The maximum absolute atomic E-state index is 13.5. The molecule has 0 aliphatic heterocycles. The number of carbonyl (C=O) groups is 1. The van der Waals surface area contributed by atoms with Crippen molar-refractivity contribution < 1.29 is 18.0 Å². The first kappa shape index (κ1) is 21.6. The van der Waals surface area contributed by atoms with Crippen LogP contribution >= 0.6 is 0 Å². The Bertz CT molecular complexity index is 958. The second kappa shape index (κ2) is 7.97. The van der Waals surface area contributed by atoms with Gasteiger partial charge in [0.2, 0.25) is 5.91 Å². The standard InChI is InChI=1S/C21H28F3N3O2/c1-12(2)15-6-4-13(3)10-16(15)19(28)27-17-7-5-14(21(22,23)24)11-18(17)26(9-8-25)20(27)29/h5,7,11-13,15-16H,4,6,8-10,25H2,1-3H3/t13-,15+,16-/m1/s1. The van der Waals surface area contributed by atoms with Gasteiger partial charge in [-0.05, 0) is 48.8 Å². The van der Waals surface area contributed by atoms with Gasteiger partial charge in [-0.15, -0.1) is 0 Å². The molecule has 1 fully saturated rings. The van der Waals surface area contributed by atoms with Crippen molar-refractivity contribution in [3.63, 3.8) is 0 Å². The van der Waals surface area contributed by atoms with Crippen LogP contribution in [0.5, 0.6) is 0 Å². The molecule has 1 aliphatic carbocycles. The number of nitrogens with zero attached hydrogens (tertiary/aromatic N) is 2. The molecular formula is C21H28F3N3O2. The van der Waals surface area contributed by atoms with Crippen LogP contribution < -0.4 is 11.4 Å². The largest absolute Gasteiger partial charge is 0.416 e. The summed E-state index contributed by atoms with van der Waals surface area (Å²) in [5, 5.41) is 0. The first-order valence-corrected chi connectivity index (χ1v) is 10.1. The summed E-state index contributed by atoms with van der Waals surface area (Å²) in [5.41, 5.74) is 4.41. The van der Waals surface area contributed by atoms with Gasteiger partial charge >= 0.3 is 11.9 Å². The summed E-state index contributed by atoms with van der Waals surface area (Å²) in [5.74, 6) is 0.148. The number of alkyl halides is 3. The molecule has 1 aromatic heterocycles. The highest BCUT2D eigenvalue weighted by molar-refractivity contribution is 5.92. The minimum absolute atomic E-state index is 0.0472. The minimum atomic E-state index is -4.54. The quantitative estimate of drug-likeness (QED) is 0.822. The third kappa shape index (κ3) is 3.99. The van der Waals surface area contributed by atoms with Gasteiger partial charge in [-0.2, -0.15) is 13.2 Å². The van der Waals surface area contributed by atoms with Gasteiger partial charge < -0.3 is 5.73 Å². The van der Waals surface area contributed by atoms with E-state index in [4.69, 9.17) is 5.73 Å². The van der Waals surface area contributed by atoms with Crippen molar-refractivity contribution in [2.24, 2.45) is 29.4 Å². The molecule has 2 N–H and O–H groups in total. The van der Waals surface area contributed by atoms with Crippen molar-refractivity contribution in [1.29, 1.82) is 0 Å². The van der Waals surface area contributed by atoms with Gasteiger partial charge in [-0.25, -0.2) is 9.36 Å². The van der Waals surface area contributed by atoms with E-state index in [0.717, 1.165) is 29.5 Å². The summed E-state index contributed by atoms with van der Waals surface area (Å²) in [6.07, 6.45) is -1.92. The topological polar surface area (TPSA) is 70.0 Å². The van der Waals surface area contributed by atoms with E-state index in [9.17, 15) is 22.8 Å². The molecule has 3 rings (SSSR count). The van der Waals surface area contributed by atoms with Crippen molar-refractivity contribution >= 4 is 16.9 Å². The number of aromatic nitrogens is 2. The highest BCUT2D eigenvalue weighted by atomic mass is 19.4. The van der Waals surface area contributed by atoms with Crippen molar-refractivity contribution in [1.82, 2.24) is 9.13 Å². The molecule has 5 nitrogen and oxygen atoms in total. The Morgan fingerprint density at radius 3 is 2.52 bits per heavy atom. The van der Waals surface area contributed by atoms with Crippen molar-refractivity contribution in [3.8, 4) is 0 Å². The lowest BCUT2D eigenvalue weighted by atomic mass is 9.69. The van der Waals surface area contributed by atoms with E-state index in [0.29, 0.717) is 12.3 Å². The summed E-state index contributed by atoms with van der Waals surface area (Å²) in [7, 11) is 0. The van der Waals surface area contributed by atoms with E-state index in [1.807, 2.05) is 0 Å². The first-order chi connectivity index (χ1) is 13.6. The van der Waals surface area contributed by atoms with Crippen molar-refractivity contribution in [2.45, 2.75) is 52.8 Å². The molecule has 1 aromatic carbocycles. The summed E-state index contributed by atoms with van der Waals surface area (Å²) in [4.78, 5) is 26.5. The third-order valence-electron chi connectivity index (χ3n) is 6.17. The van der Waals surface area contributed by atoms with Gasteiger partial charge in [0, 0.05) is 19.0 Å². The molecular weight excluding hydrogens is 383 g/mol. The van der Waals surface area contributed by atoms with E-state index < -0.39 is 17.4 Å². The number of benzene rings is 1. The lowest BCUT2D eigenvalue weighted by molar-refractivity contribution is -0.137. The van der Waals surface area contributed by atoms with Gasteiger partial charge in [0.1, 0.15) is 0 Å². The molecule has 3 atom stereocenters. The molecule has 1 saturated carbocycles. The average Bonchev–Trinajstić information content (AvgIpc) is 2.91. The summed E-state index contributed by atoms with van der Waals surface area (Å²) in [6.45, 7) is 6.35. The molecule has 8 heteroatoms. The minimum Gasteiger partial charge on any atom is -0.329 e. The van der Waals surface area contributed by atoms with Crippen molar-refractivity contribution in [3.05, 3.63) is 34.2 Å². The summed E-state index contributed by atoms with van der Waals surface area (Å²) >= 11 is 0. The average molecular weight is 411 g/mol. The normalized spacial score (nSPS) is 23.1. The van der Waals surface area contributed by atoms with E-state index in [2.05, 4.69) is 20.8 Å². The molecule has 1 heterocycles. The second-order valence-corrected chi connectivity index (χ2v) is 8.53. The highest BCUT2D eigenvalue weighted by Crippen LogP contribution is 2.39. The number of fused-ring (bicyclic) bond motifs is 1. The van der Waals surface area contributed by atoms with Crippen LogP contribution in [0.1, 0.15) is 50.4 Å². The lowest BCUT2D eigenvalue weighted by Crippen LogP contribution is -2.40.